The molecule has 1 atom stereocenters. The molecular formula is C16H24N2O. The van der Waals surface area contributed by atoms with Gasteiger partial charge in [0, 0.05) is 24.4 Å². The molecule has 1 aliphatic carbocycles. The Hall–Kier alpha value is -0.930. The van der Waals surface area contributed by atoms with Gasteiger partial charge in [-0.2, -0.15) is 0 Å². The summed E-state index contributed by atoms with van der Waals surface area (Å²) in [6.07, 6.45) is 10.2. The molecule has 3 rings (SSSR count). The first-order valence-corrected chi connectivity index (χ1v) is 7.61. The molecule has 1 spiro atoms. The number of nitrogens with two attached hydrogens (primary N) is 1. The van der Waals surface area contributed by atoms with E-state index < -0.39 is 0 Å². The predicted molar refractivity (Wildman–Crippen MR) is 76.1 cm³/mol. The second-order valence-corrected chi connectivity index (χ2v) is 6.01. The minimum atomic E-state index is 0.167. The van der Waals surface area contributed by atoms with Gasteiger partial charge in [-0.05, 0) is 50.3 Å². The lowest BCUT2D eigenvalue weighted by molar-refractivity contribution is -0.0809. The molecule has 0 bridgehead atoms. The Kier molecular flexibility index (Phi) is 3.85. The van der Waals surface area contributed by atoms with Crippen LogP contribution in [0.3, 0.4) is 0 Å². The van der Waals surface area contributed by atoms with Crippen molar-refractivity contribution < 1.29 is 4.74 Å². The summed E-state index contributed by atoms with van der Waals surface area (Å²) in [5, 5.41) is 0. The van der Waals surface area contributed by atoms with Crippen molar-refractivity contribution >= 4 is 0 Å². The molecule has 1 aliphatic heterocycles. The third kappa shape index (κ3) is 2.67. The summed E-state index contributed by atoms with van der Waals surface area (Å²) >= 11 is 0. The van der Waals surface area contributed by atoms with Crippen molar-refractivity contribution in [1.82, 2.24) is 4.98 Å². The maximum absolute atomic E-state index is 6.13. The van der Waals surface area contributed by atoms with E-state index in [1.54, 1.807) is 0 Å². The van der Waals surface area contributed by atoms with Crippen LogP contribution >= 0.6 is 0 Å². The second-order valence-electron chi connectivity index (χ2n) is 6.01. The highest BCUT2D eigenvalue weighted by molar-refractivity contribution is 5.25. The fourth-order valence-electron chi connectivity index (χ4n) is 3.81. The van der Waals surface area contributed by atoms with Crippen LogP contribution in [0.25, 0.3) is 0 Å². The molecule has 1 aromatic rings. The Morgan fingerprint density at radius 1 is 1.37 bits per heavy atom. The van der Waals surface area contributed by atoms with E-state index in [9.17, 15) is 0 Å². The molecule has 19 heavy (non-hydrogen) atoms. The minimum absolute atomic E-state index is 0.167. The van der Waals surface area contributed by atoms with Crippen molar-refractivity contribution in [3.63, 3.8) is 0 Å². The monoisotopic (exact) mass is 260 g/mol. The summed E-state index contributed by atoms with van der Waals surface area (Å²) in [6.45, 7) is 1.59. The van der Waals surface area contributed by atoms with Crippen LogP contribution in [0, 0.1) is 0 Å². The third-order valence-corrected chi connectivity index (χ3v) is 4.73. The van der Waals surface area contributed by atoms with E-state index in [1.807, 2.05) is 12.3 Å². The van der Waals surface area contributed by atoms with E-state index in [1.165, 1.54) is 36.9 Å². The molecule has 2 heterocycles. The van der Waals surface area contributed by atoms with E-state index in [4.69, 9.17) is 10.5 Å². The van der Waals surface area contributed by atoms with Crippen molar-refractivity contribution in [3.8, 4) is 0 Å². The summed E-state index contributed by atoms with van der Waals surface area (Å²) in [5.74, 6) is 0.564. The smallest absolute Gasteiger partial charge is 0.0689 e. The second kappa shape index (κ2) is 5.59. The third-order valence-electron chi connectivity index (χ3n) is 4.73. The topological polar surface area (TPSA) is 48.1 Å². The number of aromatic nitrogens is 1. The van der Waals surface area contributed by atoms with E-state index >= 15 is 0 Å². The fraction of sp³-hybridized carbons (Fsp3) is 0.688. The van der Waals surface area contributed by atoms with E-state index in [0.29, 0.717) is 12.5 Å². The summed E-state index contributed by atoms with van der Waals surface area (Å²) in [6, 6.07) is 4.21. The molecule has 0 amide bonds. The minimum Gasteiger partial charge on any atom is -0.375 e. The molecule has 1 saturated carbocycles. The van der Waals surface area contributed by atoms with Crippen LogP contribution in [-0.2, 0) is 11.2 Å². The quantitative estimate of drug-likeness (QED) is 0.909. The molecule has 2 N–H and O–H groups in total. The first-order chi connectivity index (χ1) is 9.33. The van der Waals surface area contributed by atoms with Gasteiger partial charge < -0.3 is 10.5 Å². The molecule has 104 valence electrons. The normalized spacial score (nSPS) is 25.8. The first kappa shape index (κ1) is 13.1. The van der Waals surface area contributed by atoms with Gasteiger partial charge in [0.2, 0.25) is 0 Å². The maximum atomic E-state index is 6.13. The van der Waals surface area contributed by atoms with Crippen LogP contribution in [0.1, 0.15) is 55.7 Å². The highest BCUT2D eigenvalue weighted by Crippen LogP contribution is 2.45. The van der Waals surface area contributed by atoms with Crippen LogP contribution in [0.15, 0.2) is 18.3 Å². The van der Waals surface area contributed by atoms with Crippen LogP contribution in [0.5, 0.6) is 0 Å². The first-order valence-electron chi connectivity index (χ1n) is 7.61. The van der Waals surface area contributed by atoms with E-state index in [-0.39, 0.29) is 5.60 Å². The average Bonchev–Trinajstić information content (AvgIpc) is 2.88. The Bertz CT molecular complexity index is 427. The van der Waals surface area contributed by atoms with Crippen molar-refractivity contribution in [3.05, 3.63) is 29.6 Å². The number of rotatable bonds is 3. The van der Waals surface area contributed by atoms with Gasteiger partial charge in [0.05, 0.1) is 5.60 Å². The predicted octanol–water partition coefficient (Wildman–Crippen LogP) is 2.79. The highest BCUT2D eigenvalue weighted by Gasteiger charge is 2.40. The fourth-order valence-corrected chi connectivity index (χ4v) is 3.81. The lowest BCUT2D eigenvalue weighted by Gasteiger charge is -2.38. The van der Waals surface area contributed by atoms with Gasteiger partial charge in [-0.3, -0.25) is 4.98 Å². The van der Waals surface area contributed by atoms with Gasteiger partial charge in [-0.15, -0.1) is 0 Å². The van der Waals surface area contributed by atoms with Crippen molar-refractivity contribution in [2.75, 3.05) is 13.2 Å². The molecule has 1 aromatic heterocycles. The Labute approximate surface area is 115 Å². The highest BCUT2D eigenvalue weighted by atomic mass is 16.5. The van der Waals surface area contributed by atoms with Gasteiger partial charge in [-0.1, -0.05) is 18.9 Å². The van der Waals surface area contributed by atoms with Crippen LogP contribution in [-0.4, -0.2) is 23.7 Å². The maximum Gasteiger partial charge on any atom is 0.0689 e. The zero-order valence-electron chi connectivity index (χ0n) is 11.6. The molecule has 1 unspecified atom stereocenters. The largest absolute Gasteiger partial charge is 0.375 e. The standard InChI is InChI=1S/C16H24N2O/c17-9-5-13-4-3-10-18-15(13)14-6-11-19-16(12-14)7-1-2-8-16/h3-4,10,14H,1-2,5-9,11-12,17H2. The molecule has 0 aromatic carbocycles. The molecule has 3 nitrogen and oxygen atoms in total. The Morgan fingerprint density at radius 2 is 2.21 bits per heavy atom. The molecule has 0 radical (unpaired) electrons. The molecule has 2 aliphatic rings. The van der Waals surface area contributed by atoms with Gasteiger partial charge in [0.1, 0.15) is 0 Å². The molecule has 1 saturated heterocycles. The van der Waals surface area contributed by atoms with Crippen molar-refractivity contribution in [2.24, 2.45) is 5.73 Å². The summed E-state index contributed by atoms with van der Waals surface area (Å²) in [4.78, 5) is 4.66. The summed E-state index contributed by atoms with van der Waals surface area (Å²) < 4.78 is 6.13. The lowest BCUT2D eigenvalue weighted by atomic mass is 9.81. The zero-order chi connectivity index (χ0) is 13.1. The Balaban J connectivity index is 1.81. The van der Waals surface area contributed by atoms with Crippen molar-refractivity contribution in [1.29, 1.82) is 0 Å². The van der Waals surface area contributed by atoms with E-state index in [0.717, 1.165) is 25.9 Å². The Morgan fingerprint density at radius 3 is 3.00 bits per heavy atom. The SMILES string of the molecule is NCCc1cccnc1C1CCOC2(CCCC2)C1. The number of hydrogen-bond acceptors (Lipinski definition) is 3. The lowest BCUT2D eigenvalue weighted by Crippen LogP contribution is -2.36. The van der Waals surface area contributed by atoms with Gasteiger partial charge in [0.15, 0.2) is 0 Å². The van der Waals surface area contributed by atoms with Gasteiger partial charge in [-0.25, -0.2) is 0 Å². The number of pyridine rings is 1. The number of nitrogens with zero attached hydrogens (tertiary/aromatic N) is 1. The van der Waals surface area contributed by atoms with Crippen LogP contribution in [0.2, 0.25) is 0 Å². The summed E-state index contributed by atoms with van der Waals surface area (Å²) in [7, 11) is 0. The molecule has 3 heteroatoms. The average molecular weight is 260 g/mol. The number of hydrogen-bond donors (Lipinski definition) is 1. The van der Waals surface area contributed by atoms with Crippen molar-refractivity contribution in [2.45, 2.75) is 56.5 Å². The van der Waals surface area contributed by atoms with Gasteiger partial charge >= 0.3 is 0 Å². The zero-order valence-corrected chi connectivity index (χ0v) is 11.6. The van der Waals surface area contributed by atoms with Crippen LogP contribution < -0.4 is 5.73 Å². The van der Waals surface area contributed by atoms with Crippen LogP contribution in [0.4, 0.5) is 0 Å². The molecular weight excluding hydrogens is 236 g/mol. The number of ether oxygens (including phenoxy) is 1. The molecule has 2 fully saturated rings. The van der Waals surface area contributed by atoms with E-state index in [2.05, 4.69) is 11.1 Å². The summed E-state index contributed by atoms with van der Waals surface area (Å²) in [5.41, 5.74) is 8.51. The van der Waals surface area contributed by atoms with Gasteiger partial charge in [0.25, 0.3) is 0 Å².